The van der Waals surface area contributed by atoms with Crippen LogP contribution in [-0.4, -0.2) is 48.1 Å². The van der Waals surface area contributed by atoms with Gasteiger partial charge in [0.05, 0.1) is 0 Å². The van der Waals surface area contributed by atoms with Crippen LogP contribution in [0.5, 0.6) is 0 Å². The first-order valence-corrected chi connectivity index (χ1v) is 7.00. The normalized spacial score (nSPS) is 12.4. The fourth-order valence-corrected chi connectivity index (χ4v) is 2.34. The van der Waals surface area contributed by atoms with Crippen molar-refractivity contribution < 1.29 is 0 Å². The molecule has 0 amide bonds. The van der Waals surface area contributed by atoms with Crippen molar-refractivity contribution in [2.24, 2.45) is 0 Å². The minimum atomic E-state index is 0.658. The van der Waals surface area contributed by atoms with Gasteiger partial charge >= 0.3 is 0 Å². The van der Waals surface area contributed by atoms with Gasteiger partial charge in [-0.15, -0.1) is 0 Å². The smallest absolute Gasteiger partial charge is 0.0115 e. The highest BCUT2D eigenvalue weighted by Crippen LogP contribution is 2.05. The molecular formula is C14H32N2. The molecule has 0 aromatic heterocycles. The maximum absolute atomic E-state index is 2.60. The summed E-state index contributed by atoms with van der Waals surface area (Å²) in [6, 6.07) is 1.32. The third-order valence-electron chi connectivity index (χ3n) is 3.08. The molecule has 0 radical (unpaired) electrons. The molecule has 0 aliphatic rings. The Balaban J connectivity index is 4.04. The van der Waals surface area contributed by atoms with Crippen LogP contribution in [0.25, 0.3) is 0 Å². The standard InChI is InChI=1S/C14H32N2/c1-7-9-15(10-8-2)11-12-16(13(3)4)14(5)6/h13-14H,7-12H2,1-6H3. The fraction of sp³-hybridized carbons (Fsp3) is 1.00. The van der Waals surface area contributed by atoms with Gasteiger partial charge in [-0.05, 0) is 53.6 Å². The molecule has 98 valence electrons. The first-order valence-electron chi connectivity index (χ1n) is 7.00. The van der Waals surface area contributed by atoms with Crippen molar-refractivity contribution in [2.45, 2.75) is 66.5 Å². The summed E-state index contributed by atoms with van der Waals surface area (Å²) in [5.41, 5.74) is 0. The third-order valence-corrected chi connectivity index (χ3v) is 3.08. The lowest BCUT2D eigenvalue weighted by Crippen LogP contribution is -2.42. The van der Waals surface area contributed by atoms with Crippen LogP contribution in [0.3, 0.4) is 0 Å². The molecular weight excluding hydrogens is 196 g/mol. The molecule has 16 heavy (non-hydrogen) atoms. The molecule has 0 aliphatic heterocycles. The second-order valence-electron chi connectivity index (χ2n) is 5.27. The van der Waals surface area contributed by atoms with Gasteiger partial charge in [0, 0.05) is 25.2 Å². The Kier molecular flexibility index (Phi) is 8.96. The van der Waals surface area contributed by atoms with Crippen molar-refractivity contribution in [3.8, 4) is 0 Å². The van der Waals surface area contributed by atoms with Gasteiger partial charge in [0.15, 0.2) is 0 Å². The molecule has 0 unspecified atom stereocenters. The summed E-state index contributed by atoms with van der Waals surface area (Å²) in [5.74, 6) is 0. The van der Waals surface area contributed by atoms with Gasteiger partial charge in [-0.1, -0.05) is 13.8 Å². The summed E-state index contributed by atoms with van der Waals surface area (Å²) in [6.45, 7) is 18.6. The molecule has 0 heterocycles. The average molecular weight is 228 g/mol. The van der Waals surface area contributed by atoms with E-state index in [0.717, 1.165) is 0 Å². The zero-order valence-electron chi connectivity index (χ0n) is 12.3. The Hall–Kier alpha value is -0.0800. The summed E-state index contributed by atoms with van der Waals surface area (Å²) < 4.78 is 0. The predicted octanol–water partition coefficient (Wildman–Crippen LogP) is 3.23. The Morgan fingerprint density at radius 2 is 1.12 bits per heavy atom. The lowest BCUT2D eigenvalue weighted by molar-refractivity contribution is 0.143. The second kappa shape index (κ2) is 9.00. The molecule has 2 nitrogen and oxygen atoms in total. The van der Waals surface area contributed by atoms with E-state index in [-0.39, 0.29) is 0 Å². The Morgan fingerprint density at radius 3 is 1.44 bits per heavy atom. The molecule has 0 atom stereocenters. The van der Waals surface area contributed by atoms with Crippen LogP contribution in [0.4, 0.5) is 0 Å². The third kappa shape index (κ3) is 6.49. The lowest BCUT2D eigenvalue weighted by Gasteiger charge is -2.33. The molecule has 0 bridgehead atoms. The second-order valence-corrected chi connectivity index (χ2v) is 5.27. The molecule has 0 rings (SSSR count). The SMILES string of the molecule is CCCN(CCC)CCN(C(C)C)C(C)C. The van der Waals surface area contributed by atoms with Crippen LogP contribution in [0.2, 0.25) is 0 Å². The van der Waals surface area contributed by atoms with Crippen LogP contribution >= 0.6 is 0 Å². The van der Waals surface area contributed by atoms with Crippen molar-refractivity contribution in [2.75, 3.05) is 26.2 Å². The summed E-state index contributed by atoms with van der Waals surface area (Å²) in [7, 11) is 0. The van der Waals surface area contributed by atoms with E-state index in [1.54, 1.807) is 0 Å². The van der Waals surface area contributed by atoms with E-state index in [9.17, 15) is 0 Å². The Bertz CT molecular complexity index is 141. The van der Waals surface area contributed by atoms with E-state index in [0.29, 0.717) is 12.1 Å². The minimum absolute atomic E-state index is 0.658. The Morgan fingerprint density at radius 1 is 0.688 bits per heavy atom. The Labute approximate surface area is 103 Å². The predicted molar refractivity (Wildman–Crippen MR) is 74.0 cm³/mol. The van der Waals surface area contributed by atoms with E-state index in [2.05, 4.69) is 51.3 Å². The monoisotopic (exact) mass is 228 g/mol. The molecule has 0 saturated carbocycles. The maximum Gasteiger partial charge on any atom is 0.0115 e. The van der Waals surface area contributed by atoms with Gasteiger partial charge in [0.1, 0.15) is 0 Å². The van der Waals surface area contributed by atoms with Crippen molar-refractivity contribution in [1.82, 2.24) is 9.80 Å². The van der Waals surface area contributed by atoms with E-state index in [4.69, 9.17) is 0 Å². The van der Waals surface area contributed by atoms with Crippen molar-refractivity contribution in [3.05, 3.63) is 0 Å². The number of hydrogen-bond acceptors (Lipinski definition) is 2. The highest BCUT2D eigenvalue weighted by atomic mass is 15.2. The first-order chi connectivity index (χ1) is 7.52. The van der Waals surface area contributed by atoms with E-state index in [1.165, 1.54) is 39.0 Å². The first kappa shape index (κ1) is 15.9. The molecule has 0 N–H and O–H groups in total. The van der Waals surface area contributed by atoms with Crippen LogP contribution in [0.15, 0.2) is 0 Å². The van der Waals surface area contributed by atoms with E-state index < -0.39 is 0 Å². The van der Waals surface area contributed by atoms with Gasteiger partial charge in [0.25, 0.3) is 0 Å². The topological polar surface area (TPSA) is 6.48 Å². The minimum Gasteiger partial charge on any atom is -0.302 e. The molecule has 0 aliphatic carbocycles. The molecule has 0 spiro atoms. The van der Waals surface area contributed by atoms with Crippen LogP contribution < -0.4 is 0 Å². The number of nitrogens with zero attached hydrogens (tertiary/aromatic N) is 2. The molecule has 0 fully saturated rings. The zero-order valence-corrected chi connectivity index (χ0v) is 12.3. The summed E-state index contributed by atoms with van der Waals surface area (Å²) >= 11 is 0. The number of rotatable bonds is 9. The summed E-state index contributed by atoms with van der Waals surface area (Å²) in [4.78, 5) is 5.18. The highest BCUT2D eigenvalue weighted by molar-refractivity contribution is 4.69. The van der Waals surface area contributed by atoms with Gasteiger partial charge in [-0.25, -0.2) is 0 Å². The molecule has 0 saturated heterocycles. The fourth-order valence-electron chi connectivity index (χ4n) is 2.34. The highest BCUT2D eigenvalue weighted by Gasteiger charge is 2.14. The van der Waals surface area contributed by atoms with Crippen molar-refractivity contribution >= 4 is 0 Å². The van der Waals surface area contributed by atoms with Crippen LogP contribution in [0.1, 0.15) is 54.4 Å². The van der Waals surface area contributed by atoms with E-state index >= 15 is 0 Å². The maximum atomic E-state index is 2.60. The van der Waals surface area contributed by atoms with Crippen molar-refractivity contribution in [1.29, 1.82) is 0 Å². The quantitative estimate of drug-likeness (QED) is 0.598. The zero-order chi connectivity index (χ0) is 12.6. The van der Waals surface area contributed by atoms with Gasteiger partial charge in [-0.3, -0.25) is 4.90 Å². The molecule has 2 heteroatoms. The molecule has 0 aromatic carbocycles. The lowest BCUT2D eigenvalue weighted by atomic mass is 10.2. The van der Waals surface area contributed by atoms with Gasteiger partial charge in [0.2, 0.25) is 0 Å². The average Bonchev–Trinajstić information content (AvgIpc) is 2.17. The van der Waals surface area contributed by atoms with Crippen LogP contribution in [0, 0.1) is 0 Å². The number of hydrogen-bond donors (Lipinski definition) is 0. The summed E-state index contributed by atoms with van der Waals surface area (Å²) in [6.07, 6.45) is 2.53. The largest absolute Gasteiger partial charge is 0.302 e. The summed E-state index contributed by atoms with van der Waals surface area (Å²) in [5, 5.41) is 0. The van der Waals surface area contributed by atoms with E-state index in [1.807, 2.05) is 0 Å². The molecule has 0 aromatic rings. The van der Waals surface area contributed by atoms with Gasteiger partial charge in [-0.2, -0.15) is 0 Å². The van der Waals surface area contributed by atoms with Crippen LogP contribution in [-0.2, 0) is 0 Å². The van der Waals surface area contributed by atoms with Gasteiger partial charge < -0.3 is 4.90 Å². The van der Waals surface area contributed by atoms with Crippen molar-refractivity contribution in [3.63, 3.8) is 0 Å².